The van der Waals surface area contributed by atoms with E-state index in [2.05, 4.69) is 5.32 Å². The number of halogens is 3. The lowest BCUT2D eigenvalue weighted by Crippen LogP contribution is -2.55. The summed E-state index contributed by atoms with van der Waals surface area (Å²) < 4.78 is 35.4. The highest BCUT2D eigenvalue weighted by atomic mass is 19.4. The Morgan fingerprint density at radius 1 is 1.54 bits per heavy atom. The van der Waals surface area contributed by atoms with Crippen molar-refractivity contribution < 1.29 is 13.2 Å². The Bertz CT molecular complexity index is 223. The van der Waals surface area contributed by atoms with Gasteiger partial charge < -0.3 is 0 Å². The SMILES string of the molecule is CC1CC(C#N)(NCC(F)(F)F)C1. The molecule has 2 nitrogen and oxygen atoms in total. The fourth-order valence-corrected chi connectivity index (χ4v) is 1.67. The van der Waals surface area contributed by atoms with Gasteiger partial charge in [-0.3, -0.25) is 5.32 Å². The van der Waals surface area contributed by atoms with Gasteiger partial charge in [0.05, 0.1) is 12.6 Å². The molecule has 1 rings (SSSR count). The second-order valence-corrected chi connectivity index (χ2v) is 3.68. The second kappa shape index (κ2) is 3.18. The molecule has 0 aliphatic heterocycles. The van der Waals surface area contributed by atoms with E-state index in [4.69, 9.17) is 5.26 Å². The van der Waals surface area contributed by atoms with Gasteiger partial charge in [0.1, 0.15) is 5.54 Å². The van der Waals surface area contributed by atoms with Crippen LogP contribution in [0.25, 0.3) is 0 Å². The number of hydrogen-bond acceptors (Lipinski definition) is 2. The van der Waals surface area contributed by atoms with Crippen LogP contribution >= 0.6 is 0 Å². The van der Waals surface area contributed by atoms with Crippen LogP contribution < -0.4 is 5.32 Å². The van der Waals surface area contributed by atoms with E-state index >= 15 is 0 Å². The number of rotatable bonds is 2. The highest BCUT2D eigenvalue weighted by Crippen LogP contribution is 2.37. The highest BCUT2D eigenvalue weighted by Gasteiger charge is 2.44. The van der Waals surface area contributed by atoms with Crippen LogP contribution in [-0.4, -0.2) is 18.3 Å². The predicted octanol–water partition coefficient (Wildman–Crippen LogP) is 1.83. The Balaban J connectivity index is 2.40. The molecular formula is C8H11F3N2. The minimum atomic E-state index is -4.23. The molecule has 0 aromatic rings. The van der Waals surface area contributed by atoms with E-state index in [1.807, 2.05) is 13.0 Å². The standard InChI is InChI=1S/C8H11F3N2/c1-6-2-7(3-6,4-12)13-5-8(9,10)11/h6,13H,2-3,5H2,1H3. The third-order valence-electron chi connectivity index (χ3n) is 2.24. The summed E-state index contributed by atoms with van der Waals surface area (Å²) in [4.78, 5) is 0. The van der Waals surface area contributed by atoms with E-state index in [1.165, 1.54) is 0 Å². The quantitative estimate of drug-likeness (QED) is 0.724. The van der Waals surface area contributed by atoms with Crippen molar-refractivity contribution in [3.63, 3.8) is 0 Å². The summed E-state index contributed by atoms with van der Waals surface area (Å²) in [6.45, 7) is 0.845. The first-order valence-corrected chi connectivity index (χ1v) is 4.10. The molecule has 0 saturated heterocycles. The Labute approximate surface area is 74.7 Å². The maximum Gasteiger partial charge on any atom is 0.401 e. The van der Waals surface area contributed by atoms with Crippen molar-refractivity contribution in [2.24, 2.45) is 5.92 Å². The summed E-state index contributed by atoms with van der Waals surface area (Å²) in [6, 6.07) is 1.91. The zero-order valence-electron chi connectivity index (χ0n) is 7.28. The molecule has 0 bridgehead atoms. The van der Waals surface area contributed by atoms with Crippen LogP contribution in [0.2, 0.25) is 0 Å². The van der Waals surface area contributed by atoms with Crippen molar-refractivity contribution in [1.82, 2.24) is 5.32 Å². The van der Waals surface area contributed by atoms with Crippen molar-refractivity contribution in [3.05, 3.63) is 0 Å². The molecule has 0 aromatic heterocycles. The molecule has 5 heteroatoms. The van der Waals surface area contributed by atoms with Crippen LogP contribution in [-0.2, 0) is 0 Å². The first-order chi connectivity index (χ1) is 5.87. The van der Waals surface area contributed by atoms with E-state index in [-0.39, 0.29) is 0 Å². The summed E-state index contributed by atoms with van der Waals surface area (Å²) in [5.74, 6) is 0.348. The molecule has 1 saturated carbocycles. The molecular weight excluding hydrogens is 181 g/mol. The topological polar surface area (TPSA) is 35.8 Å². The van der Waals surface area contributed by atoms with Gasteiger partial charge in [-0.25, -0.2) is 0 Å². The molecule has 1 N–H and O–H groups in total. The van der Waals surface area contributed by atoms with Crippen LogP contribution in [0.1, 0.15) is 19.8 Å². The van der Waals surface area contributed by atoms with Crippen LogP contribution in [0.4, 0.5) is 13.2 Å². The van der Waals surface area contributed by atoms with Gasteiger partial charge >= 0.3 is 6.18 Å². The third-order valence-corrected chi connectivity index (χ3v) is 2.24. The van der Waals surface area contributed by atoms with Gasteiger partial charge in [0.15, 0.2) is 0 Å². The number of nitrogens with one attached hydrogen (secondary N) is 1. The van der Waals surface area contributed by atoms with Crippen LogP contribution in [0.15, 0.2) is 0 Å². The zero-order valence-corrected chi connectivity index (χ0v) is 7.28. The van der Waals surface area contributed by atoms with Crippen LogP contribution in [0.5, 0.6) is 0 Å². The first kappa shape index (κ1) is 10.3. The fourth-order valence-electron chi connectivity index (χ4n) is 1.67. The van der Waals surface area contributed by atoms with Crippen molar-refractivity contribution in [1.29, 1.82) is 5.26 Å². The Morgan fingerprint density at radius 2 is 2.08 bits per heavy atom. The van der Waals surface area contributed by atoms with Gasteiger partial charge in [0, 0.05) is 0 Å². The number of hydrogen-bond donors (Lipinski definition) is 1. The highest BCUT2D eigenvalue weighted by molar-refractivity contribution is 5.14. The lowest BCUT2D eigenvalue weighted by molar-refractivity contribution is -0.130. The number of nitriles is 1. The van der Waals surface area contributed by atoms with E-state index in [0.717, 1.165) is 0 Å². The molecule has 1 fully saturated rings. The Hall–Kier alpha value is -0.760. The molecule has 0 unspecified atom stereocenters. The molecule has 1 aliphatic rings. The van der Waals surface area contributed by atoms with Crippen molar-refractivity contribution in [3.8, 4) is 6.07 Å². The van der Waals surface area contributed by atoms with Crippen molar-refractivity contribution >= 4 is 0 Å². The molecule has 0 atom stereocenters. The first-order valence-electron chi connectivity index (χ1n) is 4.10. The summed E-state index contributed by atoms with van der Waals surface area (Å²) >= 11 is 0. The average Bonchev–Trinajstić information content (AvgIpc) is 1.94. The maximum absolute atomic E-state index is 11.8. The van der Waals surface area contributed by atoms with E-state index < -0.39 is 18.3 Å². The smallest absolute Gasteiger partial charge is 0.291 e. The van der Waals surface area contributed by atoms with Gasteiger partial charge in [-0.2, -0.15) is 18.4 Å². The van der Waals surface area contributed by atoms with Crippen LogP contribution in [0, 0.1) is 17.2 Å². The molecule has 0 aromatic carbocycles. The predicted molar refractivity (Wildman–Crippen MR) is 40.8 cm³/mol. The fraction of sp³-hybridized carbons (Fsp3) is 0.875. The van der Waals surface area contributed by atoms with E-state index in [1.54, 1.807) is 0 Å². The molecule has 13 heavy (non-hydrogen) atoms. The monoisotopic (exact) mass is 192 g/mol. The van der Waals surface area contributed by atoms with Gasteiger partial charge in [-0.05, 0) is 18.8 Å². The third kappa shape index (κ3) is 2.59. The zero-order chi connectivity index (χ0) is 10.1. The molecule has 0 spiro atoms. The molecule has 74 valence electrons. The maximum atomic E-state index is 11.8. The van der Waals surface area contributed by atoms with E-state index in [0.29, 0.717) is 18.8 Å². The molecule has 0 heterocycles. The van der Waals surface area contributed by atoms with Gasteiger partial charge in [0.25, 0.3) is 0 Å². The lowest BCUT2D eigenvalue weighted by atomic mass is 9.70. The minimum absolute atomic E-state index is 0.348. The average molecular weight is 192 g/mol. The van der Waals surface area contributed by atoms with Gasteiger partial charge in [-0.15, -0.1) is 0 Å². The number of nitrogens with zero attached hydrogens (tertiary/aromatic N) is 1. The Morgan fingerprint density at radius 3 is 2.38 bits per heavy atom. The summed E-state index contributed by atoms with van der Waals surface area (Å²) in [7, 11) is 0. The molecule has 0 amide bonds. The Kier molecular flexibility index (Phi) is 2.53. The molecule has 0 radical (unpaired) electrons. The van der Waals surface area contributed by atoms with E-state index in [9.17, 15) is 13.2 Å². The van der Waals surface area contributed by atoms with Gasteiger partial charge in [0.2, 0.25) is 0 Å². The number of alkyl halides is 3. The summed E-state index contributed by atoms with van der Waals surface area (Å²) in [5.41, 5.74) is -0.922. The normalized spacial score (nSPS) is 33.6. The van der Waals surface area contributed by atoms with Crippen molar-refractivity contribution in [2.75, 3.05) is 6.54 Å². The summed E-state index contributed by atoms with van der Waals surface area (Å²) in [5, 5.41) is 10.9. The largest absolute Gasteiger partial charge is 0.401 e. The van der Waals surface area contributed by atoms with Gasteiger partial charge in [-0.1, -0.05) is 6.92 Å². The molecule has 1 aliphatic carbocycles. The second-order valence-electron chi connectivity index (χ2n) is 3.68. The lowest BCUT2D eigenvalue weighted by Gasteiger charge is -2.41. The van der Waals surface area contributed by atoms with Crippen molar-refractivity contribution in [2.45, 2.75) is 31.5 Å². The van der Waals surface area contributed by atoms with Crippen LogP contribution in [0.3, 0.4) is 0 Å². The minimum Gasteiger partial charge on any atom is -0.291 e. The summed E-state index contributed by atoms with van der Waals surface area (Å²) in [6.07, 6.45) is -3.21.